The van der Waals surface area contributed by atoms with Crippen LogP contribution in [0.1, 0.15) is 10.4 Å². The van der Waals surface area contributed by atoms with E-state index in [9.17, 15) is 9.59 Å². The molecule has 1 rings (SSSR count). The molecule has 0 radical (unpaired) electrons. The summed E-state index contributed by atoms with van der Waals surface area (Å²) in [6, 6.07) is 9.00. The van der Waals surface area contributed by atoms with Gasteiger partial charge in [0.25, 0.3) is 5.91 Å². The lowest BCUT2D eigenvalue weighted by Gasteiger charge is -2.08. The van der Waals surface area contributed by atoms with Gasteiger partial charge in [-0.15, -0.1) is 11.8 Å². The van der Waals surface area contributed by atoms with Crippen molar-refractivity contribution < 1.29 is 19.4 Å². The van der Waals surface area contributed by atoms with Gasteiger partial charge < -0.3 is 15.2 Å². The van der Waals surface area contributed by atoms with Crippen molar-refractivity contribution >= 4 is 23.6 Å². The molecule has 0 atom stereocenters. The second-order valence-electron chi connectivity index (χ2n) is 3.65. The van der Waals surface area contributed by atoms with Crippen LogP contribution in [0.4, 0.5) is 0 Å². The molecule has 0 bridgehead atoms. The van der Waals surface area contributed by atoms with Crippen LogP contribution in [0.3, 0.4) is 0 Å². The molecule has 0 saturated carbocycles. The molecule has 0 aromatic heterocycles. The maximum atomic E-state index is 11.9. The van der Waals surface area contributed by atoms with Crippen molar-refractivity contribution in [2.24, 2.45) is 0 Å². The van der Waals surface area contributed by atoms with Crippen LogP contribution in [0, 0.1) is 11.3 Å². The number of benzene rings is 1. The molecular weight excluding hydrogens is 280 g/mol. The fourth-order valence-electron chi connectivity index (χ4n) is 1.38. The van der Waals surface area contributed by atoms with Crippen LogP contribution in [0.25, 0.3) is 0 Å². The summed E-state index contributed by atoms with van der Waals surface area (Å²) in [5.74, 6) is -1.05. The molecule has 0 heterocycles. The Kier molecular flexibility index (Phi) is 7.17. The summed E-state index contributed by atoms with van der Waals surface area (Å²) >= 11 is 1.29. The van der Waals surface area contributed by atoms with Crippen molar-refractivity contribution in [3.8, 4) is 6.07 Å². The number of nitrogens with one attached hydrogen (secondary N) is 1. The van der Waals surface area contributed by atoms with Gasteiger partial charge in [0.05, 0.1) is 24.0 Å². The van der Waals surface area contributed by atoms with E-state index in [0.717, 1.165) is 4.90 Å². The van der Waals surface area contributed by atoms with Crippen LogP contribution >= 0.6 is 11.8 Å². The number of rotatable bonds is 8. The van der Waals surface area contributed by atoms with Crippen molar-refractivity contribution in [1.82, 2.24) is 5.32 Å². The summed E-state index contributed by atoms with van der Waals surface area (Å²) in [5, 5.41) is 19.6. The first-order valence-corrected chi connectivity index (χ1v) is 6.80. The zero-order chi connectivity index (χ0) is 14.8. The van der Waals surface area contributed by atoms with Crippen molar-refractivity contribution in [2.75, 3.05) is 25.5 Å². The number of hydrogen-bond acceptors (Lipinski definition) is 5. The zero-order valence-electron chi connectivity index (χ0n) is 10.7. The molecule has 2 N–H and O–H groups in total. The minimum atomic E-state index is -1.05. The van der Waals surface area contributed by atoms with Crippen LogP contribution in [-0.4, -0.2) is 42.5 Å². The number of nitriles is 1. The summed E-state index contributed by atoms with van der Waals surface area (Å²) in [6.07, 6.45) is 0. The lowest BCUT2D eigenvalue weighted by molar-refractivity contribution is -0.142. The largest absolute Gasteiger partial charge is 0.480 e. The Morgan fingerprint density at radius 3 is 2.85 bits per heavy atom. The number of carboxylic acids is 1. The summed E-state index contributed by atoms with van der Waals surface area (Å²) in [5.41, 5.74) is 0.492. The van der Waals surface area contributed by atoms with E-state index in [1.165, 1.54) is 11.8 Å². The number of aliphatic carboxylic acids is 1. The molecule has 0 unspecified atom stereocenters. The fraction of sp³-hybridized carbons (Fsp3) is 0.308. The number of carbonyl (C=O) groups excluding carboxylic acids is 1. The molecule has 6 nitrogen and oxygen atoms in total. The molecule has 0 aliphatic rings. The van der Waals surface area contributed by atoms with Gasteiger partial charge in [-0.1, -0.05) is 12.1 Å². The topological polar surface area (TPSA) is 99.4 Å². The van der Waals surface area contributed by atoms with Gasteiger partial charge in [-0.05, 0) is 12.1 Å². The first-order chi connectivity index (χ1) is 9.65. The maximum Gasteiger partial charge on any atom is 0.329 e. The van der Waals surface area contributed by atoms with Crippen molar-refractivity contribution in [1.29, 1.82) is 5.26 Å². The second kappa shape index (κ2) is 8.96. The number of hydrogen-bond donors (Lipinski definition) is 2. The monoisotopic (exact) mass is 294 g/mol. The highest BCUT2D eigenvalue weighted by Gasteiger charge is 2.10. The molecule has 0 saturated heterocycles. The molecule has 0 spiro atoms. The molecule has 1 aromatic carbocycles. The number of thioether (sulfide) groups is 1. The average molecular weight is 294 g/mol. The lowest BCUT2D eigenvalue weighted by atomic mass is 10.2. The van der Waals surface area contributed by atoms with Crippen LogP contribution < -0.4 is 5.32 Å². The van der Waals surface area contributed by atoms with Crippen molar-refractivity contribution in [2.45, 2.75) is 4.90 Å². The highest BCUT2D eigenvalue weighted by Crippen LogP contribution is 2.21. The third kappa shape index (κ3) is 5.73. The molecule has 7 heteroatoms. The predicted molar refractivity (Wildman–Crippen MR) is 73.6 cm³/mol. The van der Waals surface area contributed by atoms with Crippen molar-refractivity contribution in [3.05, 3.63) is 29.8 Å². The standard InChI is InChI=1S/C13H14N2O4S/c14-5-8-20-11-4-2-1-3-10(11)13(18)15-6-7-19-9-12(16)17/h1-4H,6-9H2,(H,15,18)(H,16,17). The molecule has 106 valence electrons. The van der Waals surface area contributed by atoms with E-state index in [4.69, 9.17) is 15.1 Å². The first-order valence-electron chi connectivity index (χ1n) is 5.81. The Morgan fingerprint density at radius 1 is 1.40 bits per heavy atom. The maximum absolute atomic E-state index is 11.9. The van der Waals surface area contributed by atoms with Crippen LogP contribution in [-0.2, 0) is 9.53 Å². The number of carbonyl (C=O) groups is 2. The number of amides is 1. The summed E-state index contributed by atoms with van der Waals surface area (Å²) < 4.78 is 4.81. The summed E-state index contributed by atoms with van der Waals surface area (Å²) in [7, 11) is 0. The highest BCUT2D eigenvalue weighted by atomic mass is 32.2. The van der Waals surface area contributed by atoms with E-state index in [1.807, 2.05) is 6.07 Å². The lowest BCUT2D eigenvalue weighted by Crippen LogP contribution is -2.28. The smallest absolute Gasteiger partial charge is 0.329 e. The first kappa shape index (κ1) is 16.0. The summed E-state index contributed by atoms with van der Waals surface area (Å²) in [4.78, 5) is 22.9. The minimum Gasteiger partial charge on any atom is -0.480 e. The van der Waals surface area contributed by atoms with Gasteiger partial charge in [-0.25, -0.2) is 4.79 Å². The normalized spacial score (nSPS) is 9.75. The van der Waals surface area contributed by atoms with Gasteiger partial charge in [0, 0.05) is 11.4 Å². The van der Waals surface area contributed by atoms with Crippen LogP contribution in [0.2, 0.25) is 0 Å². The fourth-order valence-corrected chi connectivity index (χ4v) is 2.09. The molecule has 1 amide bonds. The van der Waals surface area contributed by atoms with Crippen molar-refractivity contribution in [3.63, 3.8) is 0 Å². The van der Waals surface area contributed by atoms with Crippen LogP contribution in [0.5, 0.6) is 0 Å². The SMILES string of the molecule is N#CCSc1ccccc1C(=O)NCCOCC(=O)O. The van der Waals surface area contributed by atoms with Gasteiger partial charge in [0.1, 0.15) is 6.61 Å². The third-order valence-electron chi connectivity index (χ3n) is 2.18. The second-order valence-corrected chi connectivity index (χ2v) is 4.66. The zero-order valence-corrected chi connectivity index (χ0v) is 11.5. The molecule has 0 fully saturated rings. The Morgan fingerprint density at radius 2 is 2.15 bits per heavy atom. The van der Waals surface area contributed by atoms with E-state index < -0.39 is 5.97 Å². The third-order valence-corrected chi connectivity index (χ3v) is 3.12. The van der Waals surface area contributed by atoms with E-state index in [1.54, 1.807) is 24.3 Å². The molecule has 0 aliphatic heterocycles. The number of ether oxygens (including phenoxy) is 1. The Balaban J connectivity index is 2.46. The van der Waals surface area contributed by atoms with E-state index >= 15 is 0 Å². The van der Waals surface area contributed by atoms with E-state index in [0.29, 0.717) is 5.56 Å². The van der Waals surface area contributed by atoms with E-state index in [2.05, 4.69) is 5.32 Å². The molecule has 1 aromatic rings. The number of carboxylic acid groups (broad SMARTS) is 1. The minimum absolute atomic E-state index is 0.131. The summed E-state index contributed by atoms with van der Waals surface area (Å²) in [6.45, 7) is -0.0284. The van der Waals surface area contributed by atoms with Crippen LogP contribution in [0.15, 0.2) is 29.2 Å². The van der Waals surface area contributed by atoms with Gasteiger partial charge in [0.15, 0.2) is 0 Å². The molecule has 0 aliphatic carbocycles. The van der Waals surface area contributed by atoms with Gasteiger partial charge in [-0.2, -0.15) is 5.26 Å². The average Bonchev–Trinajstić information content (AvgIpc) is 2.44. The van der Waals surface area contributed by atoms with Gasteiger partial charge in [0.2, 0.25) is 0 Å². The van der Waals surface area contributed by atoms with Gasteiger partial charge >= 0.3 is 5.97 Å². The quantitative estimate of drug-likeness (QED) is 0.551. The Bertz CT molecular complexity index is 513. The Labute approximate surface area is 120 Å². The van der Waals surface area contributed by atoms with E-state index in [-0.39, 0.29) is 31.4 Å². The number of nitrogens with zero attached hydrogens (tertiary/aromatic N) is 1. The highest BCUT2D eigenvalue weighted by molar-refractivity contribution is 7.99. The Hall–Kier alpha value is -2.04. The molecular formula is C13H14N2O4S. The predicted octanol–water partition coefficient (Wildman–Crippen LogP) is 1.13. The van der Waals surface area contributed by atoms with Gasteiger partial charge in [-0.3, -0.25) is 4.79 Å². The molecule has 20 heavy (non-hydrogen) atoms.